The Morgan fingerprint density at radius 2 is 2.05 bits per heavy atom. The van der Waals surface area contributed by atoms with E-state index in [4.69, 9.17) is 11.6 Å². The largest absolute Gasteiger partial charge is 0.342 e. The fourth-order valence-corrected chi connectivity index (χ4v) is 2.50. The summed E-state index contributed by atoms with van der Waals surface area (Å²) in [6.07, 6.45) is 0.591. The summed E-state index contributed by atoms with van der Waals surface area (Å²) >= 11 is 9.27. The summed E-state index contributed by atoms with van der Waals surface area (Å²) in [4.78, 5) is 7.55. The monoisotopic (exact) mass is 338 g/mol. The maximum Gasteiger partial charge on any atom is 0.139 e. The fraction of sp³-hybridized carbons (Fsp3) is 0.0714. The molecule has 3 rings (SSSR count). The number of nitrogens with zero attached hydrogens (tertiary/aromatic N) is 1. The summed E-state index contributed by atoms with van der Waals surface area (Å²) in [7, 11) is 0. The molecule has 0 unspecified atom stereocenters. The summed E-state index contributed by atoms with van der Waals surface area (Å²) in [5.41, 5.74) is 2.40. The van der Waals surface area contributed by atoms with E-state index in [-0.39, 0.29) is 5.82 Å². The Bertz CT molecular complexity index is 715. The highest BCUT2D eigenvalue weighted by atomic mass is 79.9. The lowest BCUT2D eigenvalue weighted by molar-refractivity contribution is 0.623. The van der Waals surface area contributed by atoms with E-state index in [0.717, 1.165) is 16.9 Å². The zero-order valence-electron chi connectivity index (χ0n) is 9.75. The molecule has 0 saturated heterocycles. The van der Waals surface area contributed by atoms with Crippen LogP contribution < -0.4 is 0 Å². The average molecular weight is 340 g/mol. The summed E-state index contributed by atoms with van der Waals surface area (Å²) in [6.45, 7) is 0. The predicted octanol–water partition coefficient (Wildman–Crippen LogP) is 4.71. The molecule has 1 N–H and O–H groups in total. The van der Waals surface area contributed by atoms with E-state index < -0.39 is 0 Å². The Labute approximate surface area is 122 Å². The van der Waals surface area contributed by atoms with Crippen molar-refractivity contribution in [1.82, 2.24) is 9.97 Å². The van der Waals surface area contributed by atoms with Crippen LogP contribution in [-0.2, 0) is 6.42 Å². The van der Waals surface area contributed by atoms with E-state index in [1.54, 1.807) is 6.07 Å². The molecule has 2 nitrogen and oxygen atoms in total. The molecule has 0 atom stereocenters. The molecule has 2 aromatic carbocycles. The van der Waals surface area contributed by atoms with E-state index in [2.05, 4.69) is 25.9 Å². The van der Waals surface area contributed by atoms with Crippen molar-refractivity contribution in [3.8, 4) is 0 Å². The Morgan fingerprint density at radius 3 is 2.84 bits per heavy atom. The summed E-state index contributed by atoms with van der Waals surface area (Å²) in [5.74, 6) is 0.459. The molecule has 1 aromatic heterocycles. The van der Waals surface area contributed by atoms with Crippen LogP contribution in [0.5, 0.6) is 0 Å². The Kier molecular flexibility index (Phi) is 3.29. The van der Waals surface area contributed by atoms with Gasteiger partial charge in [-0.1, -0.05) is 29.8 Å². The standard InChI is InChI=1S/C14H9BrClFN2/c15-9-6-12-13(7-11(9)17)19-14(18-12)5-8-3-1-2-4-10(8)16/h1-4,6-7H,5H2,(H,18,19). The smallest absolute Gasteiger partial charge is 0.139 e. The number of nitrogens with one attached hydrogen (secondary N) is 1. The molecular weight excluding hydrogens is 331 g/mol. The van der Waals surface area contributed by atoms with Gasteiger partial charge in [0.15, 0.2) is 0 Å². The molecular formula is C14H9BrClFN2. The minimum Gasteiger partial charge on any atom is -0.342 e. The second-order valence-corrected chi connectivity index (χ2v) is 5.50. The van der Waals surface area contributed by atoms with Crippen LogP contribution in [0.3, 0.4) is 0 Å². The van der Waals surface area contributed by atoms with Crippen LogP contribution >= 0.6 is 27.5 Å². The van der Waals surface area contributed by atoms with Gasteiger partial charge in [-0.15, -0.1) is 0 Å². The number of H-pyrrole nitrogens is 1. The average Bonchev–Trinajstić information content (AvgIpc) is 2.74. The molecule has 0 bridgehead atoms. The lowest BCUT2D eigenvalue weighted by Crippen LogP contribution is -1.91. The molecule has 5 heteroatoms. The molecule has 0 saturated carbocycles. The van der Waals surface area contributed by atoms with Gasteiger partial charge in [0.1, 0.15) is 11.6 Å². The van der Waals surface area contributed by atoms with Gasteiger partial charge in [0, 0.05) is 17.5 Å². The molecule has 1 heterocycles. The van der Waals surface area contributed by atoms with Crippen LogP contribution in [0, 0.1) is 5.82 Å². The minimum atomic E-state index is -0.305. The molecule has 0 fully saturated rings. The van der Waals surface area contributed by atoms with Crippen LogP contribution in [0.15, 0.2) is 40.9 Å². The summed E-state index contributed by atoms with van der Waals surface area (Å²) < 4.78 is 13.8. The predicted molar refractivity (Wildman–Crippen MR) is 78.0 cm³/mol. The molecule has 96 valence electrons. The van der Waals surface area contributed by atoms with Gasteiger partial charge in [-0.3, -0.25) is 0 Å². The van der Waals surface area contributed by atoms with Crippen LogP contribution in [-0.4, -0.2) is 9.97 Å². The molecule has 0 aliphatic rings. The number of benzene rings is 2. The molecule has 0 aliphatic carbocycles. The van der Waals surface area contributed by atoms with Crippen molar-refractivity contribution in [2.45, 2.75) is 6.42 Å². The number of aromatic amines is 1. The number of hydrogen-bond acceptors (Lipinski definition) is 1. The van der Waals surface area contributed by atoms with Gasteiger partial charge < -0.3 is 4.98 Å². The zero-order valence-corrected chi connectivity index (χ0v) is 12.1. The first-order valence-corrected chi connectivity index (χ1v) is 6.87. The third-order valence-corrected chi connectivity index (χ3v) is 3.87. The molecule has 3 aromatic rings. The lowest BCUT2D eigenvalue weighted by atomic mass is 10.1. The fourth-order valence-electron chi connectivity index (χ4n) is 1.96. The Balaban J connectivity index is 2.00. The van der Waals surface area contributed by atoms with Crippen LogP contribution in [0.4, 0.5) is 4.39 Å². The van der Waals surface area contributed by atoms with E-state index in [0.29, 0.717) is 21.4 Å². The third kappa shape index (κ3) is 2.51. The minimum absolute atomic E-state index is 0.305. The number of aromatic nitrogens is 2. The highest BCUT2D eigenvalue weighted by molar-refractivity contribution is 9.10. The normalized spacial score (nSPS) is 11.1. The summed E-state index contributed by atoms with van der Waals surface area (Å²) in [5, 5.41) is 0.704. The second kappa shape index (κ2) is 4.94. The van der Waals surface area contributed by atoms with Crippen molar-refractivity contribution in [2.24, 2.45) is 0 Å². The van der Waals surface area contributed by atoms with Gasteiger partial charge in [0.05, 0.1) is 15.5 Å². The van der Waals surface area contributed by atoms with E-state index in [1.807, 2.05) is 24.3 Å². The number of imidazole rings is 1. The highest BCUT2D eigenvalue weighted by Crippen LogP contribution is 2.23. The van der Waals surface area contributed by atoms with Gasteiger partial charge in [0.25, 0.3) is 0 Å². The molecule has 0 radical (unpaired) electrons. The van der Waals surface area contributed by atoms with E-state index >= 15 is 0 Å². The molecule has 19 heavy (non-hydrogen) atoms. The van der Waals surface area contributed by atoms with Crippen LogP contribution in [0.2, 0.25) is 5.02 Å². The summed E-state index contributed by atoms with van der Waals surface area (Å²) in [6, 6.07) is 10.7. The van der Waals surface area contributed by atoms with Gasteiger partial charge >= 0.3 is 0 Å². The Hall–Kier alpha value is -1.39. The van der Waals surface area contributed by atoms with Crippen molar-refractivity contribution in [3.05, 3.63) is 63.1 Å². The topological polar surface area (TPSA) is 28.7 Å². The van der Waals surface area contributed by atoms with E-state index in [1.165, 1.54) is 6.07 Å². The quantitative estimate of drug-likeness (QED) is 0.720. The number of rotatable bonds is 2. The van der Waals surface area contributed by atoms with Gasteiger partial charge in [-0.2, -0.15) is 0 Å². The Morgan fingerprint density at radius 1 is 1.26 bits per heavy atom. The first-order valence-electron chi connectivity index (χ1n) is 5.70. The molecule has 0 spiro atoms. The lowest BCUT2D eigenvalue weighted by Gasteiger charge is -2.00. The van der Waals surface area contributed by atoms with Gasteiger partial charge in [0.2, 0.25) is 0 Å². The van der Waals surface area contributed by atoms with Crippen LogP contribution in [0.25, 0.3) is 11.0 Å². The maximum atomic E-state index is 13.4. The van der Waals surface area contributed by atoms with Crippen molar-refractivity contribution >= 4 is 38.6 Å². The van der Waals surface area contributed by atoms with Crippen LogP contribution in [0.1, 0.15) is 11.4 Å². The second-order valence-electron chi connectivity index (χ2n) is 4.24. The van der Waals surface area contributed by atoms with E-state index in [9.17, 15) is 4.39 Å². The zero-order chi connectivity index (χ0) is 13.4. The number of hydrogen-bond donors (Lipinski definition) is 1. The number of fused-ring (bicyclic) bond motifs is 1. The van der Waals surface area contributed by atoms with Crippen molar-refractivity contribution < 1.29 is 4.39 Å². The van der Waals surface area contributed by atoms with Crippen molar-refractivity contribution in [2.75, 3.05) is 0 Å². The van der Waals surface area contributed by atoms with Gasteiger partial charge in [-0.05, 0) is 33.6 Å². The third-order valence-electron chi connectivity index (χ3n) is 2.89. The first kappa shape index (κ1) is 12.6. The maximum absolute atomic E-state index is 13.4. The first-order chi connectivity index (χ1) is 9.13. The highest BCUT2D eigenvalue weighted by Gasteiger charge is 2.09. The number of halogens is 3. The van der Waals surface area contributed by atoms with Crippen molar-refractivity contribution in [3.63, 3.8) is 0 Å². The van der Waals surface area contributed by atoms with Gasteiger partial charge in [-0.25, -0.2) is 9.37 Å². The van der Waals surface area contributed by atoms with Crippen molar-refractivity contribution in [1.29, 1.82) is 0 Å². The SMILES string of the molecule is Fc1cc2[nH]c(Cc3ccccc3Cl)nc2cc1Br. The molecule has 0 aliphatic heterocycles. The molecule has 0 amide bonds.